The Morgan fingerprint density at radius 3 is 2.39 bits per heavy atom. The van der Waals surface area contributed by atoms with Gasteiger partial charge in [-0.15, -0.1) is 0 Å². The van der Waals surface area contributed by atoms with Crippen LogP contribution in [0.3, 0.4) is 0 Å². The van der Waals surface area contributed by atoms with E-state index >= 15 is 0 Å². The largest absolute Gasteiger partial charge is 0.360 e. The molecule has 0 N–H and O–H groups in total. The second-order valence-corrected chi connectivity index (χ2v) is 11.4. The van der Waals surface area contributed by atoms with E-state index < -0.39 is 0 Å². The summed E-state index contributed by atoms with van der Waals surface area (Å²) in [5.41, 5.74) is 10.3. The highest BCUT2D eigenvalue weighted by molar-refractivity contribution is 5.86. The molecule has 4 nitrogen and oxygen atoms in total. The van der Waals surface area contributed by atoms with Gasteiger partial charge in [-0.25, -0.2) is 4.98 Å². The van der Waals surface area contributed by atoms with Crippen LogP contribution in [-0.2, 0) is 0 Å². The van der Waals surface area contributed by atoms with Gasteiger partial charge < -0.3 is 9.42 Å². The molecule has 1 spiro atoms. The van der Waals surface area contributed by atoms with Crippen molar-refractivity contribution in [3.05, 3.63) is 82.6 Å². The van der Waals surface area contributed by atoms with E-state index in [0.717, 1.165) is 42.3 Å². The Bertz CT molecular complexity index is 1500. The van der Waals surface area contributed by atoms with Gasteiger partial charge in [0.25, 0.3) is 0 Å². The average molecular weight is 476 g/mol. The van der Waals surface area contributed by atoms with E-state index in [4.69, 9.17) is 9.51 Å². The Hall–Kier alpha value is -3.40. The predicted molar refractivity (Wildman–Crippen MR) is 146 cm³/mol. The van der Waals surface area contributed by atoms with Crippen LogP contribution in [0.25, 0.3) is 27.7 Å². The molecule has 2 aromatic carbocycles. The SMILES string of the molecule is Cc1ccc2nc(N3CCC4(C=C(c5c(-c6c(C)cccc6C)noc5C5CC5)C4)CC3)ccc2c1. The number of aromatic nitrogens is 2. The summed E-state index contributed by atoms with van der Waals surface area (Å²) in [6.45, 7) is 8.61. The monoisotopic (exact) mass is 475 g/mol. The van der Waals surface area contributed by atoms with E-state index in [2.05, 4.69) is 85.4 Å². The Kier molecular flexibility index (Phi) is 4.89. The summed E-state index contributed by atoms with van der Waals surface area (Å²) < 4.78 is 6.03. The zero-order chi connectivity index (χ0) is 24.4. The molecule has 4 aromatic rings. The fourth-order valence-corrected chi connectivity index (χ4v) is 6.39. The lowest BCUT2D eigenvalue weighted by Gasteiger charge is -2.46. The molecule has 0 atom stereocenters. The summed E-state index contributed by atoms with van der Waals surface area (Å²) in [6, 6.07) is 17.4. The highest BCUT2D eigenvalue weighted by Crippen LogP contribution is 2.56. The summed E-state index contributed by atoms with van der Waals surface area (Å²) in [5.74, 6) is 2.78. The Balaban J connectivity index is 1.15. The molecule has 2 fully saturated rings. The molecular weight excluding hydrogens is 442 g/mol. The number of anilines is 1. The zero-order valence-corrected chi connectivity index (χ0v) is 21.5. The molecule has 1 aliphatic heterocycles. The molecule has 182 valence electrons. The van der Waals surface area contributed by atoms with Gasteiger partial charge in [-0.2, -0.15) is 0 Å². The first-order valence-electron chi connectivity index (χ1n) is 13.4. The lowest BCUT2D eigenvalue weighted by molar-refractivity contribution is 0.277. The first-order valence-corrected chi connectivity index (χ1v) is 13.4. The molecule has 7 rings (SSSR count). The van der Waals surface area contributed by atoms with Crippen LogP contribution < -0.4 is 4.90 Å². The molecule has 2 aliphatic carbocycles. The molecular formula is C32H33N3O. The van der Waals surface area contributed by atoms with E-state index in [9.17, 15) is 0 Å². The van der Waals surface area contributed by atoms with E-state index in [1.54, 1.807) is 0 Å². The highest BCUT2D eigenvalue weighted by atomic mass is 16.5. The maximum absolute atomic E-state index is 6.03. The number of nitrogens with zero attached hydrogens (tertiary/aromatic N) is 3. The van der Waals surface area contributed by atoms with Crippen LogP contribution in [-0.4, -0.2) is 23.2 Å². The topological polar surface area (TPSA) is 42.2 Å². The molecule has 0 unspecified atom stereocenters. The van der Waals surface area contributed by atoms with Crippen molar-refractivity contribution >= 4 is 22.3 Å². The maximum Gasteiger partial charge on any atom is 0.147 e. The molecule has 36 heavy (non-hydrogen) atoms. The predicted octanol–water partition coefficient (Wildman–Crippen LogP) is 7.77. The smallest absolute Gasteiger partial charge is 0.147 e. The van der Waals surface area contributed by atoms with Gasteiger partial charge in [0.05, 0.1) is 5.52 Å². The number of fused-ring (bicyclic) bond motifs is 1. The van der Waals surface area contributed by atoms with Gasteiger partial charge in [0.2, 0.25) is 0 Å². The van der Waals surface area contributed by atoms with Crippen molar-refractivity contribution in [1.29, 1.82) is 0 Å². The minimum atomic E-state index is 0.302. The van der Waals surface area contributed by atoms with Gasteiger partial charge in [-0.3, -0.25) is 0 Å². The molecule has 0 bridgehead atoms. The van der Waals surface area contributed by atoms with Crippen LogP contribution in [0.15, 0.2) is 59.1 Å². The van der Waals surface area contributed by atoms with E-state index in [1.165, 1.54) is 64.5 Å². The molecule has 3 heterocycles. The van der Waals surface area contributed by atoms with Crippen LogP contribution >= 0.6 is 0 Å². The second-order valence-electron chi connectivity index (χ2n) is 11.4. The van der Waals surface area contributed by atoms with Crippen LogP contribution in [0.1, 0.15) is 66.0 Å². The number of rotatable bonds is 4. The lowest BCUT2D eigenvalue weighted by Crippen LogP contribution is -2.42. The third-order valence-corrected chi connectivity index (χ3v) is 8.64. The van der Waals surface area contributed by atoms with Gasteiger partial charge in [0.15, 0.2) is 0 Å². The van der Waals surface area contributed by atoms with E-state index in [0.29, 0.717) is 11.3 Å². The fourth-order valence-electron chi connectivity index (χ4n) is 6.39. The van der Waals surface area contributed by atoms with Crippen molar-refractivity contribution in [2.75, 3.05) is 18.0 Å². The van der Waals surface area contributed by atoms with Gasteiger partial charge in [0.1, 0.15) is 17.3 Å². The third-order valence-electron chi connectivity index (χ3n) is 8.64. The normalized spacial score (nSPS) is 19.0. The van der Waals surface area contributed by atoms with Crippen molar-refractivity contribution < 1.29 is 4.52 Å². The number of pyridine rings is 1. The Morgan fingerprint density at radius 1 is 0.917 bits per heavy atom. The van der Waals surface area contributed by atoms with Gasteiger partial charge in [-0.1, -0.05) is 41.1 Å². The molecule has 1 saturated heterocycles. The average Bonchev–Trinajstić information content (AvgIpc) is 3.62. The molecule has 0 radical (unpaired) electrons. The van der Waals surface area contributed by atoms with Crippen molar-refractivity contribution in [3.63, 3.8) is 0 Å². The number of hydrogen-bond donors (Lipinski definition) is 0. The number of allylic oxidation sites excluding steroid dienone is 2. The third kappa shape index (κ3) is 3.57. The summed E-state index contributed by atoms with van der Waals surface area (Å²) >= 11 is 0. The van der Waals surface area contributed by atoms with Crippen molar-refractivity contribution in [3.8, 4) is 11.3 Å². The lowest BCUT2D eigenvalue weighted by atomic mass is 9.63. The molecule has 0 amide bonds. The second kappa shape index (κ2) is 8.06. The number of hydrogen-bond acceptors (Lipinski definition) is 4. The van der Waals surface area contributed by atoms with Gasteiger partial charge in [-0.05, 0) is 99.3 Å². The molecule has 3 aliphatic rings. The summed E-state index contributed by atoms with van der Waals surface area (Å²) in [4.78, 5) is 7.44. The number of piperidine rings is 1. The Morgan fingerprint density at radius 2 is 1.67 bits per heavy atom. The van der Waals surface area contributed by atoms with Crippen LogP contribution in [0, 0.1) is 26.2 Å². The number of benzene rings is 2. The minimum Gasteiger partial charge on any atom is -0.360 e. The summed E-state index contributed by atoms with van der Waals surface area (Å²) in [7, 11) is 0. The standard InChI is InChI=1S/C32H33N3O/c1-20-7-11-26-24(17-20)10-12-27(33-26)35-15-13-32(14-16-35)18-25(19-32)29-30(34-36-31(29)23-8-9-23)28-21(2)5-4-6-22(28)3/h4-7,10-12,17-18,23H,8-9,13-16,19H2,1-3H3. The first-order chi connectivity index (χ1) is 17.5. The molecule has 1 saturated carbocycles. The molecule has 4 heteroatoms. The van der Waals surface area contributed by atoms with Gasteiger partial charge in [0, 0.05) is 35.5 Å². The van der Waals surface area contributed by atoms with E-state index in [-0.39, 0.29) is 0 Å². The minimum absolute atomic E-state index is 0.302. The van der Waals surface area contributed by atoms with Gasteiger partial charge >= 0.3 is 0 Å². The summed E-state index contributed by atoms with van der Waals surface area (Å²) in [6.07, 6.45) is 8.49. The van der Waals surface area contributed by atoms with Crippen LogP contribution in [0.2, 0.25) is 0 Å². The quantitative estimate of drug-likeness (QED) is 0.302. The first kappa shape index (κ1) is 21.8. The fraction of sp³-hybridized carbons (Fsp3) is 0.375. The maximum atomic E-state index is 6.03. The van der Waals surface area contributed by atoms with Crippen molar-refractivity contribution in [2.24, 2.45) is 5.41 Å². The molecule has 2 aromatic heterocycles. The van der Waals surface area contributed by atoms with Crippen molar-refractivity contribution in [2.45, 2.75) is 58.8 Å². The zero-order valence-electron chi connectivity index (χ0n) is 21.5. The van der Waals surface area contributed by atoms with Crippen molar-refractivity contribution in [1.82, 2.24) is 10.1 Å². The summed E-state index contributed by atoms with van der Waals surface area (Å²) in [5, 5.41) is 5.88. The number of aryl methyl sites for hydroxylation is 3. The van der Waals surface area contributed by atoms with Crippen LogP contribution in [0.4, 0.5) is 5.82 Å². The highest BCUT2D eigenvalue weighted by Gasteiger charge is 2.44. The van der Waals surface area contributed by atoms with E-state index in [1.807, 2.05) is 0 Å². The van der Waals surface area contributed by atoms with Crippen LogP contribution in [0.5, 0.6) is 0 Å². The Labute approximate surface area is 213 Å².